The van der Waals surface area contributed by atoms with E-state index in [-0.39, 0.29) is 5.75 Å². The second-order valence-corrected chi connectivity index (χ2v) is 3.88. The van der Waals surface area contributed by atoms with Crippen molar-refractivity contribution in [1.29, 1.82) is 0 Å². The Bertz CT molecular complexity index is 395. The van der Waals surface area contributed by atoms with E-state index in [1.54, 1.807) is 6.07 Å². The summed E-state index contributed by atoms with van der Waals surface area (Å²) < 4.78 is 4.29. The van der Waals surface area contributed by atoms with E-state index in [2.05, 4.69) is 10.1 Å². The summed E-state index contributed by atoms with van der Waals surface area (Å²) in [6.07, 6.45) is -0.758. The molecular formula is C10H12N2O3S. The number of methoxy groups -OCH3 is 1. The molecule has 0 bridgehead atoms. The topological polar surface area (TPSA) is 81.4 Å². The molecule has 0 unspecified atom stereocenters. The lowest BCUT2D eigenvalue weighted by Gasteiger charge is -2.04. The van der Waals surface area contributed by atoms with Crippen LogP contribution in [0.4, 0.5) is 10.5 Å². The number of carbonyl (C=O) groups is 2. The Balaban J connectivity index is 2.43. The number of nitrogens with two attached hydrogens (primary N) is 1. The monoisotopic (exact) mass is 240 g/mol. The van der Waals surface area contributed by atoms with Gasteiger partial charge in [0.1, 0.15) is 0 Å². The fraction of sp³-hybridized carbons (Fsp3) is 0.200. The molecule has 0 aromatic heterocycles. The molecule has 0 atom stereocenters. The molecule has 0 saturated carbocycles. The summed E-state index contributed by atoms with van der Waals surface area (Å²) >= 11 is 1.26. The molecule has 0 heterocycles. The largest absolute Gasteiger partial charge is 0.453 e. The van der Waals surface area contributed by atoms with E-state index in [9.17, 15) is 9.59 Å². The maximum Gasteiger partial charge on any atom is 0.413 e. The van der Waals surface area contributed by atoms with Gasteiger partial charge in [-0.1, -0.05) is 12.1 Å². The van der Waals surface area contributed by atoms with E-state index in [4.69, 9.17) is 5.73 Å². The molecule has 86 valence electrons. The van der Waals surface area contributed by atoms with Crippen LogP contribution in [0, 0.1) is 0 Å². The minimum Gasteiger partial charge on any atom is -0.453 e. The predicted molar refractivity (Wildman–Crippen MR) is 62.1 cm³/mol. The molecule has 0 aliphatic rings. The minimum atomic E-state index is -0.758. The minimum absolute atomic E-state index is 0.114. The number of hydrogen-bond donors (Lipinski definition) is 2. The highest BCUT2D eigenvalue weighted by molar-refractivity contribution is 8.00. The predicted octanol–water partition coefficient (Wildman–Crippen LogP) is 1.24. The highest BCUT2D eigenvalue weighted by Gasteiger charge is 2.08. The Morgan fingerprint density at radius 1 is 1.44 bits per heavy atom. The number of rotatable bonds is 3. The van der Waals surface area contributed by atoms with Crippen LogP contribution < -0.4 is 11.1 Å². The van der Waals surface area contributed by atoms with E-state index in [0.29, 0.717) is 5.69 Å². The third-order valence-electron chi connectivity index (χ3n) is 1.70. The van der Waals surface area contributed by atoms with E-state index in [1.807, 2.05) is 18.2 Å². The van der Waals surface area contributed by atoms with Gasteiger partial charge in [0.2, 0.25) is 5.91 Å². The van der Waals surface area contributed by atoms with E-state index < -0.39 is 12.0 Å². The molecule has 6 heteroatoms. The van der Waals surface area contributed by atoms with Crippen molar-refractivity contribution in [2.75, 3.05) is 18.6 Å². The lowest BCUT2D eigenvalue weighted by Crippen LogP contribution is -2.31. The number of anilines is 1. The van der Waals surface area contributed by atoms with Crippen molar-refractivity contribution in [3.8, 4) is 0 Å². The van der Waals surface area contributed by atoms with Crippen molar-refractivity contribution in [3.63, 3.8) is 0 Å². The number of benzene rings is 1. The first kappa shape index (κ1) is 12.4. The van der Waals surface area contributed by atoms with Crippen LogP contribution in [0.2, 0.25) is 0 Å². The van der Waals surface area contributed by atoms with Crippen molar-refractivity contribution in [1.82, 2.24) is 5.32 Å². The van der Waals surface area contributed by atoms with E-state index >= 15 is 0 Å². The third-order valence-corrected chi connectivity index (χ3v) is 2.79. The molecule has 0 radical (unpaired) electrons. The number of carbonyl (C=O) groups excluding carboxylic acids is 2. The van der Waals surface area contributed by atoms with E-state index in [1.165, 1.54) is 18.9 Å². The van der Waals surface area contributed by atoms with Gasteiger partial charge in [-0.15, -0.1) is 11.8 Å². The summed E-state index contributed by atoms with van der Waals surface area (Å²) in [6.45, 7) is 0. The number of ether oxygens (including phenoxy) is 1. The average Bonchev–Trinajstić information content (AvgIpc) is 2.28. The molecular weight excluding hydrogens is 228 g/mol. The Morgan fingerprint density at radius 2 is 2.12 bits per heavy atom. The van der Waals surface area contributed by atoms with Gasteiger partial charge < -0.3 is 10.5 Å². The molecule has 1 aromatic carbocycles. The number of nitrogens with one attached hydrogen (secondary N) is 1. The highest BCUT2D eigenvalue weighted by atomic mass is 32.2. The van der Waals surface area contributed by atoms with E-state index in [0.717, 1.165) is 4.90 Å². The first-order valence-electron chi connectivity index (χ1n) is 4.48. The third kappa shape index (κ3) is 3.82. The zero-order valence-corrected chi connectivity index (χ0v) is 9.54. The quantitative estimate of drug-likeness (QED) is 0.613. The smallest absolute Gasteiger partial charge is 0.413 e. The molecule has 0 saturated heterocycles. The molecule has 1 rings (SSSR count). The Hall–Kier alpha value is -1.69. The lowest BCUT2D eigenvalue weighted by atomic mass is 10.3. The second kappa shape index (κ2) is 6.02. The summed E-state index contributed by atoms with van der Waals surface area (Å²) in [7, 11) is 1.20. The SMILES string of the molecule is COC(=O)NC(=O)CSc1ccccc1N. The van der Waals surface area contributed by atoms with Crippen molar-refractivity contribution >= 4 is 29.4 Å². The molecule has 5 nitrogen and oxygen atoms in total. The first-order chi connectivity index (χ1) is 7.63. The molecule has 0 aliphatic carbocycles. The van der Waals surface area contributed by atoms with Gasteiger partial charge in [-0.3, -0.25) is 10.1 Å². The maximum absolute atomic E-state index is 11.2. The van der Waals surface area contributed by atoms with Gasteiger partial charge in [-0.05, 0) is 12.1 Å². The Morgan fingerprint density at radius 3 is 2.75 bits per heavy atom. The van der Waals surface area contributed by atoms with Crippen molar-refractivity contribution < 1.29 is 14.3 Å². The van der Waals surface area contributed by atoms with Crippen molar-refractivity contribution in [2.24, 2.45) is 0 Å². The van der Waals surface area contributed by atoms with Crippen molar-refractivity contribution in [2.45, 2.75) is 4.90 Å². The fourth-order valence-corrected chi connectivity index (χ4v) is 1.72. The normalized spacial score (nSPS) is 9.56. The summed E-state index contributed by atoms with van der Waals surface area (Å²) in [5, 5.41) is 2.06. The summed E-state index contributed by atoms with van der Waals surface area (Å²) in [6, 6.07) is 7.21. The number of alkyl carbamates (subject to hydrolysis) is 1. The average molecular weight is 240 g/mol. The number of imide groups is 1. The van der Waals surface area contributed by atoms with Crippen LogP contribution in [0.5, 0.6) is 0 Å². The highest BCUT2D eigenvalue weighted by Crippen LogP contribution is 2.23. The van der Waals surface area contributed by atoms with Crippen LogP contribution in [-0.4, -0.2) is 24.9 Å². The molecule has 3 N–H and O–H groups in total. The first-order valence-corrected chi connectivity index (χ1v) is 5.47. The zero-order valence-electron chi connectivity index (χ0n) is 8.73. The number of thioether (sulfide) groups is 1. The van der Waals surface area contributed by atoms with Crippen LogP contribution in [0.25, 0.3) is 0 Å². The summed E-state index contributed by atoms with van der Waals surface area (Å²) in [4.78, 5) is 22.7. The Kier molecular flexibility index (Phi) is 4.65. The Labute approximate surface area is 97.3 Å². The number of nitrogen functional groups attached to an aromatic ring is 1. The van der Waals surface area contributed by atoms with Gasteiger partial charge in [0.25, 0.3) is 0 Å². The van der Waals surface area contributed by atoms with Gasteiger partial charge in [-0.25, -0.2) is 4.79 Å². The number of para-hydroxylation sites is 1. The molecule has 16 heavy (non-hydrogen) atoms. The molecule has 0 spiro atoms. The van der Waals surface area contributed by atoms with Crippen LogP contribution in [0.1, 0.15) is 0 Å². The van der Waals surface area contributed by atoms with Gasteiger partial charge in [0.15, 0.2) is 0 Å². The standard InChI is InChI=1S/C10H12N2O3S/c1-15-10(14)12-9(13)6-16-8-5-3-2-4-7(8)11/h2-5H,6,11H2,1H3,(H,12,13,14). The van der Waals surface area contributed by atoms with Crippen molar-refractivity contribution in [3.05, 3.63) is 24.3 Å². The number of hydrogen-bond acceptors (Lipinski definition) is 5. The van der Waals surface area contributed by atoms with Gasteiger partial charge in [0.05, 0.1) is 12.9 Å². The summed E-state index contributed by atoms with van der Waals surface area (Å²) in [5.74, 6) is -0.302. The summed E-state index contributed by atoms with van der Waals surface area (Å²) in [5.41, 5.74) is 6.30. The van der Waals surface area contributed by atoms with Gasteiger partial charge in [0, 0.05) is 10.6 Å². The number of amides is 2. The second-order valence-electron chi connectivity index (χ2n) is 2.87. The fourth-order valence-electron chi connectivity index (χ4n) is 0.956. The van der Waals surface area contributed by atoms with Crippen LogP contribution in [0.3, 0.4) is 0 Å². The zero-order chi connectivity index (χ0) is 12.0. The lowest BCUT2D eigenvalue weighted by molar-refractivity contribution is -0.117. The molecule has 2 amide bonds. The van der Waals surface area contributed by atoms with Crippen LogP contribution in [0.15, 0.2) is 29.2 Å². The molecule has 0 fully saturated rings. The van der Waals surface area contributed by atoms with Gasteiger partial charge in [-0.2, -0.15) is 0 Å². The van der Waals surface area contributed by atoms with Crippen LogP contribution >= 0.6 is 11.8 Å². The van der Waals surface area contributed by atoms with Crippen LogP contribution in [-0.2, 0) is 9.53 Å². The maximum atomic E-state index is 11.2. The molecule has 0 aliphatic heterocycles. The van der Waals surface area contributed by atoms with Gasteiger partial charge >= 0.3 is 6.09 Å². The molecule has 1 aromatic rings.